The molecule has 12 heavy (non-hydrogen) atoms. The number of ketones is 1. The predicted molar refractivity (Wildman–Crippen MR) is 54.4 cm³/mol. The van der Waals surface area contributed by atoms with E-state index in [1.165, 1.54) is 0 Å². The van der Waals surface area contributed by atoms with E-state index in [0.29, 0.717) is 10.6 Å². The van der Waals surface area contributed by atoms with Crippen LogP contribution in [0.2, 0.25) is 5.02 Å². The fraction of sp³-hybridized carbons (Fsp3) is 0.222. The maximum absolute atomic E-state index is 11.1. The van der Waals surface area contributed by atoms with Gasteiger partial charge in [-0.15, -0.1) is 0 Å². The highest BCUT2D eigenvalue weighted by Crippen LogP contribution is 2.17. The van der Waals surface area contributed by atoms with Crippen molar-refractivity contribution in [3.05, 3.63) is 34.3 Å². The second kappa shape index (κ2) is 3.97. The van der Waals surface area contributed by atoms with E-state index in [2.05, 4.69) is 12.6 Å². The van der Waals surface area contributed by atoms with Crippen molar-refractivity contribution in [3.63, 3.8) is 0 Å². The van der Waals surface area contributed by atoms with Crippen LogP contribution in [0.5, 0.6) is 0 Å². The van der Waals surface area contributed by atoms with Crippen LogP contribution in [0.1, 0.15) is 15.9 Å². The van der Waals surface area contributed by atoms with Crippen molar-refractivity contribution < 1.29 is 4.79 Å². The highest BCUT2D eigenvalue weighted by molar-refractivity contribution is 7.81. The summed E-state index contributed by atoms with van der Waals surface area (Å²) in [5.41, 5.74) is 1.60. The molecule has 0 atom stereocenters. The highest BCUT2D eigenvalue weighted by atomic mass is 35.5. The molecule has 0 saturated carbocycles. The van der Waals surface area contributed by atoms with Gasteiger partial charge in [-0.05, 0) is 18.6 Å². The van der Waals surface area contributed by atoms with Crippen molar-refractivity contribution in [3.8, 4) is 0 Å². The molecule has 64 valence electrons. The van der Waals surface area contributed by atoms with Crippen LogP contribution in [0, 0.1) is 6.92 Å². The molecule has 1 nitrogen and oxygen atoms in total. The highest BCUT2D eigenvalue weighted by Gasteiger charge is 2.04. The number of Topliss-reactive ketones (excluding diaryl/α,β-unsaturated/α-hetero) is 1. The molecule has 0 aromatic heterocycles. The molecule has 1 aromatic rings. The lowest BCUT2D eigenvalue weighted by atomic mass is 10.1. The topological polar surface area (TPSA) is 17.1 Å². The fourth-order valence-electron chi connectivity index (χ4n) is 0.858. The summed E-state index contributed by atoms with van der Waals surface area (Å²) in [5.74, 6) is 0.222. The molecular weight excluding hydrogens is 192 g/mol. The summed E-state index contributed by atoms with van der Waals surface area (Å²) in [6.07, 6.45) is 0. The van der Waals surface area contributed by atoms with Crippen molar-refractivity contribution in [2.75, 3.05) is 5.75 Å². The molecule has 0 heterocycles. The molecule has 0 unspecified atom stereocenters. The van der Waals surface area contributed by atoms with Crippen LogP contribution < -0.4 is 0 Å². The third-order valence-corrected chi connectivity index (χ3v) is 2.33. The first-order chi connectivity index (χ1) is 5.65. The number of aryl methyl sites for hydroxylation is 1. The van der Waals surface area contributed by atoms with Crippen LogP contribution in [0.25, 0.3) is 0 Å². The van der Waals surface area contributed by atoms with E-state index >= 15 is 0 Å². The summed E-state index contributed by atoms with van der Waals surface area (Å²) in [7, 11) is 0. The smallest absolute Gasteiger partial charge is 0.172 e. The average molecular weight is 201 g/mol. The van der Waals surface area contributed by atoms with Crippen LogP contribution in [0.15, 0.2) is 18.2 Å². The fourth-order valence-corrected chi connectivity index (χ4v) is 1.22. The van der Waals surface area contributed by atoms with Crippen molar-refractivity contribution in [1.29, 1.82) is 0 Å². The first-order valence-corrected chi connectivity index (χ1v) is 4.56. The minimum absolute atomic E-state index is 0.000216. The summed E-state index contributed by atoms with van der Waals surface area (Å²) in [5, 5.41) is 0.627. The molecule has 0 fully saturated rings. The number of halogens is 1. The summed E-state index contributed by atoms with van der Waals surface area (Å²) >= 11 is 9.73. The van der Waals surface area contributed by atoms with E-state index in [0.717, 1.165) is 5.56 Å². The number of benzene rings is 1. The molecule has 0 aliphatic rings. The zero-order chi connectivity index (χ0) is 9.14. The Balaban J connectivity index is 3.05. The maximum Gasteiger partial charge on any atom is 0.172 e. The van der Waals surface area contributed by atoms with Crippen LogP contribution >= 0.6 is 24.2 Å². The Hall–Kier alpha value is -0.470. The van der Waals surface area contributed by atoms with E-state index in [9.17, 15) is 4.79 Å². The van der Waals surface area contributed by atoms with Gasteiger partial charge >= 0.3 is 0 Å². The van der Waals surface area contributed by atoms with Gasteiger partial charge in [0.25, 0.3) is 0 Å². The van der Waals surface area contributed by atoms with Gasteiger partial charge in [-0.2, -0.15) is 12.6 Å². The Kier molecular flexibility index (Phi) is 3.18. The Morgan fingerprint density at radius 1 is 1.58 bits per heavy atom. The van der Waals surface area contributed by atoms with E-state index in [1.807, 2.05) is 13.0 Å². The first kappa shape index (κ1) is 9.62. The molecule has 0 saturated heterocycles. The van der Waals surface area contributed by atoms with Crippen LogP contribution in [-0.4, -0.2) is 11.5 Å². The largest absolute Gasteiger partial charge is 0.293 e. The molecule has 0 aliphatic carbocycles. The third-order valence-electron chi connectivity index (χ3n) is 1.64. The molecule has 0 bridgehead atoms. The van der Waals surface area contributed by atoms with Crippen LogP contribution in [0.3, 0.4) is 0 Å². The molecule has 0 radical (unpaired) electrons. The zero-order valence-electron chi connectivity index (χ0n) is 6.67. The summed E-state index contributed by atoms with van der Waals surface area (Å²) in [6.45, 7) is 1.90. The average Bonchev–Trinajstić information content (AvgIpc) is 2.08. The molecule has 3 heteroatoms. The minimum Gasteiger partial charge on any atom is -0.293 e. The SMILES string of the molecule is Cc1ccc(C(=O)CS)cc1Cl. The van der Waals surface area contributed by atoms with Gasteiger partial charge in [0, 0.05) is 10.6 Å². The second-order valence-corrected chi connectivity index (χ2v) is 3.27. The number of hydrogen-bond donors (Lipinski definition) is 1. The number of hydrogen-bond acceptors (Lipinski definition) is 2. The van der Waals surface area contributed by atoms with Gasteiger partial charge in [0.1, 0.15) is 0 Å². The molecule has 0 N–H and O–H groups in total. The van der Waals surface area contributed by atoms with Gasteiger partial charge in [-0.3, -0.25) is 4.79 Å². The lowest BCUT2D eigenvalue weighted by molar-refractivity contribution is 0.102. The summed E-state index contributed by atoms with van der Waals surface area (Å²) in [4.78, 5) is 11.1. The van der Waals surface area contributed by atoms with E-state index in [-0.39, 0.29) is 11.5 Å². The molecule has 1 rings (SSSR count). The molecule has 1 aromatic carbocycles. The Labute approximate surface area is 82.1 Å². The van der Waals surface area contributed by atoms with Gasteiger partial charge in [-0.1, -0.05) is 23.7 Å². The van der Waals surface area contributed by atoms with Gasteiger partial charge in [-0.25, -0.2) is 0 Å². The van der Waals surface area contributed by atoms with Crippen molar-refractivity contribution >= 4 is 30.0 Å². The summed E-state index contributed by atoms with van der Waals surface area (Å²) < 4.78 is 0. The quantitative estimate of drug-likeness (QED) is 0.574. The van der Waals surface area contributed by atoms with Crippen molar-refractivity contribution in [2.45, 2.75) is 6.92 Å². The van der Waals surface area contributed by atoms with Crippen molar-refractivity contribution in [1.82, 2.24) is 0 Å². The number of carbonyl (C=O) groups is 1. The molecule has 0 aliphatic heterocycles. The van der Waals surface area contributed by atoms with Gasteiger partial charge < -0.3 is 0 Å². The standard InChI is InChI=1S/C9H9ClOS/c1-6-2-3-7(4-8(6)10)9(11)5-12/h2-4,12H,5H2,1H3. The van der Waals surface area contributed by atoms with Crippen LogP contribution in [0.4, 0.5) is 0 Å². The monoisotopic (exact) mass is 200 g/mol. The van der Waals surface area contributed by atoms with E-state index in [4.69, 9.17) is 11.6 Å². The van der Waals surface area contributed by atoms with Crippen molar-refractivity contribution in [2.24, 2.45) is 0 Å². The van der Waals surface area contributed by atoms with E-state index < -0.39 is 0 Å². The first-order valence-electron chi connectivity index (χ1n) is 3.55. The Morgan fingerprint density at radius 2 is 2.25 bits per heavy atom. The Bertz CT molecular complexity index is 309. The third kappa shape index (κ3) is 2.02. The number of carbonyl (C=O) groups excluding carboxylic acids is 1. The zero-order valence-corrected chi connectivity index (χ0v) is 8.32. The Morgan fingerprint density at radius 3 is 2.75 bits per heavy atom. The lowest BCUT2D eigenvalue weighted by Gasteiger charge is -2.00. The molecular formula is C9H9ClOS. The number of rotatable bonds is 2. The van der Waals surface area contributed by atoms with Crippen LogP contribution in [-0.2, 0) is 0 Å². The maximum atomic E-state index is 11.1. The molecule has 0 spiro atoms. The lowest BCUT2D eigenvalue weighted by Crippen LogP contribution is -1.99. The van der Waals surface area contributed by atoms with E-state index in [1.54, 1.807) is 12.1 Å². The predicted octanol–water partition coefficient (Wildman–Crippen LogP) is 2.76. The van der Waals surface area contributed by atoms with Gasteiger partial charge in [0.2, 0.25) is 0 Å². The van der Waals surface area contributed by atoms with Gasteiger partial charge in [0.05, 0.1) is 5.75 Å². The minimum atomic E-state index is 0.000216. The number of thiol groups is 1. The molecule has 0 amide bonds. The normalized spacial score (nSPS) is 9.92. The van der Waals surface area contributed by atoms with Gasteiger partial charge in [0.15, 0.2) is 5.78 Å². The second-order valence-electron chi connectivity index (χ2n) is 2.55. The summed E-state index contributed by atoms with van der Waals surface area (Å²) in [6, 6.07) is 5.27.